The SMILES string of the molecule is O=C(NO)c1ccc(C(=O)N[C@H](CN2CCOCC2)c2ccccc2)s1. The Labute approximate surface area is 155 Å². The third kappa shape index (κ3) is 4.67. The van der Waals surface area contributed by atoms with Gasteiger partial charge >= 0.3 is 0 Å². The Hall–Kier alpha value is -2.26. The van der Waals surface area contributed by atoms with Crippen LogP contribution in [0.4, 0.5) is 0 Å². The van der Waals surface area contributed by atoms with Crippen LogP contribution in [0.1, 0.15) is 30.9 Å². The number of rotatable bonds is 6. The van der Waals surface area contributed by atoms with Crippen molar-refractivity contribution < 1.29 is 19.5 Å². The van der Waals surface area contributed by atoms with Gasteiger partial charge in [-0.1, -0.05) is 30.3 Å². The minimum Gasteiger partial charge on any atom is -0.379 e. The highest BCUT2D eigenvalue weighted by Gasteiger charge is 2.22. The fourth-order valence-electron chi connectivity index (χ4n) is 2.83. The van der Waals surface area contributed by atoms with E-state index in [0.717, 1.165) is 30.0 Å². The largest absolute Gasteiger partial charge is 0.379 e. The summed E-state index contributed by atoms with van der Waals surface area (Å²) in [5, 5.41) is 11.8. The summed E-state index contributed by atoms with van der Waals surface area (Å²) in [6, 6.07) is 12.8. The zero-order valence-corrected chi connectivity index (χ0v) is 15.0. The van der Waals surface area contributed by atoms with Crippen molar-refractivity contribution >= 4 is 23.2 Å². The Morgan fingerprint density at radius 1 is 1.08 bits per heavy atom. The number of hydrogen-bond donors (Lipinski definition) is 3. The van der Waals surface area contributed by atoms with E-state index in [4.69, 9.17) is 9.94 Å². The number of carbonyl (C=O) groups excluding carboxylic acids is 2. The molecule has 8 heteroatoms. The Bertz CT molecular complexity index is 744. The number of hydrogen-bond acceptors (Lipinski definition) is 6. The van der Waals surface area contributed by atoms with Crippen molar-refractivity contribution in [2.75, 3.05) is 32.8 Å². The first kappa shape index (κ1) is 18.5. The monoisotopic (exact) mass is 375 g/mol. The Balaban J connectivity index is 1.73. The van der Waals surface area contributed by atoms with Crippen LogP contribution in [0.25, 0.3) is 0 Å². The summed E-state index contributed by atoms with van der Waals surface area (Å²) in [5.74, 6) is -0.865. The maximum absolute atomic E-state index is 12.7. The average molecular weight is 375 g/mol. The van der Waals surface area contributed by atoms with Crippen molar-refractivity contribution in [3.63, 3.8) is 0 Å². The predicted molar refractivity (Wildman–Crippen MR) is 97.5 cm³/mol. The number of ether oxygens (including phenoxy) is 1. The first-order valence-corrected chi connectivity index (χ1v) is 9.19. The van der Waals surface area contributed by atoms with Crippen LogP contribution in [-0.2, 0) is 4.74 Å². The van der Waals surface area contributed by atoms with Crippen LogP contribution in [0, 0.1) is 0 Å². The molecule has 3 N–H and O–H groups in total. The van der Waals surface area contributed by atoms with Gasteiger partial charge in [0.05, 0.1) is 29.0 Å². The molecule has 3 rings (SSSR count). The molecule has 1 aliphatic rings. The summed E-state index contributed by atoms with van der Waals surface area (Å²) in [7, 11) is 0. The van der Waals surface area contributed by atoms with Gasteiger partial charge in [-0.25, -0.2) is 5.48 Å². The van der Waals surface area contributed by atoms with Crippen molar-refractivity contribution in [2.24, 2.45) is 0 Å². The Morgan fingerprint density at radius 3 is 2.38 bits per heavy atom. The molecule has 1 aromatic heterocycles. The molecule has 0 unspecified atom stereocenters. The van der Waals surface area contributed by atoms with Gasteiger partial charge in [0.25, 0.3) is 11.8 Å². The Morgan fingerprint density at radius 2 is 1.73 bits per heavy atom. The highest BCUT2D eigenvalue weighted by molar-refractivity contribution is 7.15. The number of thiophene rings is 1. The molecule has 0 aliphatic carbocycles. The second-order valence-corrected chi connectivity index (χ2v) is 7.04. The molecule has 1 fully saturated rings. The zero-order valence-electron chi connectivity index (χ0n) is 14.2. The number of benzene rings is 1. The summed E-state index contributed by atoms with van der Waals surface area (Å²) in [6.45, 7) is 3.74. The number of hydroxylamine groups is 1. The van der Waals surface area contributed by atoms with Crippen LogP contribution in [0.2, 0.25) is 0 Å². The van der Waals surface area contributed by atoms with Gasteiger partial charge in [0.15, 0.2) is 0 Å². The maximum Gasteiger partial charge on any atom is 0.284 e. The molecule has 0 saturated carbocycles. The van der Waals surface area contributed by atoms with Gasteiger partial charge < -0.3 is 10.1 Å². The topological polar surface area (TPSA) is 90.9 Å². The van der Waals surface area contributed by atoms with Crippen LogP contribution in [0.3, 0.4) is 0 Å². The first-order valence-electron chi connectivity index (χ1n) is 8.37. The lowest BCUT2D eigenvalue weighted by atomic mass is 10.1. The van der Waals surface area contributed by atoms with E-state index >= 15 is 0 Å². The maximum atomic E-state index is 12.7. The summed E-state index contributed by atoms with van der Waals surface area (Å²) in [5.41, 5.74) is 2.60. The summed E-state index contributed by atoms with van der Waals surface area (Å²) in [6.07, 6.45) is 0. The van der Waals surface area contributed by atoms with Gasteiger partial charge in [-0.3, -0.25) is 19.7 Å². The van der Waals surface area contributed by atoms with Gasteiger partial charge in [-0.05, 0) is 17.7 Å². The molecule has 1 saturated heterocycles. The van der Waals surface area contributed by atoms with E-state index in [1.807, 2.05) is 30.3 Å². The van der Waals surface area contributed by atoms with E-state index in [9.17, 15) is 9.59 Å². The van der Waals surface area contributed by atoms with Gasteiger partial charge in [0.2, 0.25) is 0 Å². The van der Waals surface area contributed by atoms with E-state index in [-0.39, 0.29) is 16.8 Å². The zero-order chi connectivity index (χ0) is 18.4. The van der Waals surface area contributed by atoms with Gasteiger partial charge in [0, 0.05) is 19.6 Å². The van der Waals surface area contributed by atoms with Gasteiger partial charge in [-0.15, -0.1) is 11.3 Å². The highest BCUT2D eigenvalue weighted by Crippen LogP contribution is 2.20. The molecule has 1 atom stereocenters. The lowest BCUT2D eigenvalue weighted by molar-refractivity contribution is 0.0332. The van der Waals surface area contributed by atoms with E-state index in [2.05, 4.69) is 10.2 Å². The van der Waals surface area contributed by atoms with Crippen molar-refractivity contribution in [2.45, 2.75) is 6.04 Å². The fourth-order valence-corrected chi connectivity index (χ4v) is 3.63. The van der Waals surface area contributed by atoms with Crippen LogP contribution in [-0.4, -0.2) is 54.8 Å². The fraction of sp³-hybridized carbons (Fsp3) is 0.333. The molecular weight excluding hydrogens is 354 g/mol. The summed E-state index contributed by atoms with van der Waals surface area (Å²) in [4.78, 5) is 27.1. The van der Waals surface area contributed by atoms with E-state index in [0.29, 0.717) is 24.6 Å². The minimum atomic E-state index is -0.623. The average Bonchev–Trinajstić information content (AvgIpc) is 3.19. The number of carbonyl (C=O) groups is 2. The molecule has 2 heterocycles. The quantitative estimate of drug-likeness (QED) is 0.528. The van der Waals surface area contributed by atoms with E-state index < -0.39 is 5.91 Å². The molecule has 2 aromatic rings. The number of amides is 2. The molecular formula is C18H21N3O4S. The third-order valence-electron chi connectivity index (χ3n) is 4.21. The number of nitrogens with one attached hydrogen (secondary N) is 2. The number of nitrogens with zero attached hydrogens (tertiary/aromatic N) is 1. The van der Waals surface area contributed by atoms with Crippen molar-refractivity contribution in [1.82, 2.24) is 15.7 Å². The molecule has 1 aromatic carbocycles. The second kappa shape index (κ2) is 8.91. The molecule has 26 heavy (non-hydrogen) atoms. The standard InChI is InChI=1S/C18H21N3O4S/c22-17(15-6-7-16(26-15)18(23)20-24)19-14(13-4-2-1-3-5-13)12-21-8-10-25-11-9-21/h1-7,14,24H,8-12H2,(H,19,22)(H,20,23)/t14-/m1/s1. The van der Waals surface area contributed by atoms with Crippen LogP contribution >= 0.6 is 11.3 Å². The summed E-state index contributed by atoms with van der Waals surface area (Å²) >= 11 is 1.04. The predicted octanol–water partition coefficient (Wildman–Crippen LogP) is 1.67. The molecule has 2 amide bonds. The van der Waals surface area contributed by atoms with Crippen LogP contribution in [0.15, 0.2) is 42.5 Å². The number of morpholine rings is 1. The molecule has 7 nitrogen and oxygen atoms in total. The molecule has 0 radical (unpaired) electrons. The molecule has 0 spiro atoms. The second-order valence-electron chi connectivity index (χ2n) is 5.95. The van der Waals surface area contributed by atoms with Gasteiger partial charge in [-0.2, -0.15) is 0 Å². The van der Waals surface area contributed by atoms with Crippen LogP contribution < -0.4 is 10.8 Å². The van der Waals surface area contributed by atoms with E-state index in [1.54, 1.807) is 11.5 Å². The third-order valence-corrected chi connectivity index (χ3v) is 5.29. The molecule has 1 aliphatic heterocycles. The highest BCUT2D eigenvalue weighted by atomic mass is 32.1. The Kier molecular flexibility index (Phi) is 6.35. The lowest BCUT2D eigenvalue weighted by Crippen LogP contribution is -2.43. The van der Waals surface area contributed by atoms with Gasteiger partial charge in [0.1, 0.15) is 0 Å². The van der Waals surface area contributed by atoms with Crippen molar-refractivity contribution in [1.29, 1.82) is 0 Å². The van der Waals surface area contributed by atoms with Crippen LogP contribution in [0.5, 0.6) is 0 Å². The summed E-state index contributed by atoms with van der Waals surface area (Å²) < 4.78 is 5.39. The first-order chi connectivity index (χ1) is 12.7. The van der Waals surface area contributed by atoms with Crippen molar-refractivity contribution in [3.05, 3.63) is 57.8 Å². The van der Waals surface area contributed by atoms with Crippen molar-refractivity contribution in [3.8, 4) is 0 Å². The van der Waals surface area contributed by atoms with E-state index in [1.165, 1.54) is 6.07 Å². The molecule has 0 bridgehead atoms. The minimum absolute atomic E-state index is 0.168. The normalized spacial score (nSPS) is 16.0. The molecule has 138 valence electrons. The lowest BCUT2D eigenvalue weighted by Gasteiger charge is -2.31. The smallest absolute Gasteiger partial charge is 0.284 e.